The Balaban J connectivity index is 1.85. The van der Waals surface area contributed by atoms with Crippen LogP contribution in [0.15, 0.2) is 18.2 Å². The van der Waals surface area contributed by atoms with Crippen molar-refractivity contribution in [3.63, 3.8) is 0 Å². The Morgan fingerprint density at radius 2 is 1.83 bits per heavy atom. The van der Waals surface area contributed by atoms with E-state index in [1.165, 1.54) is 19.4 Å². The number of hydrogen-bond acceptors (Lipinski definition) is 6. The minimum Gasteiger partial charge on any atom is -0.489 e. The summed E-state index contributed by atoms with van der Waals surface area (Å²) in [6.45, 7) is 7.61. The molecule has 2 aliphatic heterocycles. The van der Waals surface area contributed by atoms with Gasteiger partial charge in [-0.05, 0) is 56.6 Å². The second-order valence-electron chi connectivity index (χ2n) is 10.2. The van der Waals surface area contributed by atoms with E-state index in [9.17, 15) is 19.5 Å². The van der Waals surface area contributed by atoms with E-state index in [4.69, 9.17) is 4.74 Å². The predicted molar refractivity (Wildman–Crippen MR) is 133 cm³/mol. The fourth-order valence-electron chi connectivity index (χ4n) is 4.55. The Kier molecular flexibility index (Phi) is 9.13. The van der Waals surface area contributed by atoms with Gasteiger partial charge in [0, 0.05) is 13.1 Å². The van der Waals surface area contributed by atoms with E-state index in [2.05, 4.69) is 33.4 Å². The molecule has 35 heavy (non-hydrogen) atoms. The fraction of sp³-hybridized carbons (Fsp3) is 0.654. The SMILES string of the molecule is CCC(C)[C@@H]1NCC2CCc3cccc(c3O2)CCCNC(=O)CNC(=O)[C@H](C(C)(C)O)NC1=O. The summed E-state index contributed by atoms with van der Waals surface area (Å²) in [6.07, 6.45) is 3.89. The van der Waals surface area contributed by atoms with Crippen LogP contribution in [0.5, 0.6) is 5.75 Å². The topological polar surface area (TPSA) is 129 Å². The molecule has 5 N–H and O–H groups in total. The minimum absolute atomic E-state index is 0.0108. The molecule has 4 atom stereocenters. The Bertz CT molecular complexity index is 913. The maximum atomic E-state index is 13.3. The summed E-state index contributed by atoms with van der Waals surface area (Å²) in [4.78, 5) is 38.4. The van der Waals surface area contributed by atoms with Gasteiger partial charge in [0.25, 0.3) is 0 Å². The van der Waals surface area contributed by atoms with Gasteiger partial charge < -0.3 is 31.1 Å². The quantitative estimate of drug-likeness (QED) is 0.429. The van der Waals surface area contributed by atoms with Crippen LogP contribution in [0.4, 0.5) is 0 Å². The van der Waals surface area contributed by atoms with Gasteiger partial charge in [0.15, 0.2) is 0 Å². The first-order chi connectivity index (χ1) is 16.6. The molecule has 3 amide bonds. The molecule has 0 fully saturated rings. The Labute approximate surface area is 207 Å². The molecular formula is C26H40N4O5. The van der Waals surface area contributed by atoms with Crippen molar-refractivity contribution in [1.29, 1.82) is 0 Å². The average molecular weight is 489 g/mol. The number of benzene rings is 1. The maximum absolute atomic E-state index is 13.3. The molecular weight excluding hydrogens is 448 g/mol. The van der Waals surface area contributed by atoms with Gasteiger partial charge >= 0.3 is 0 Å². The number of ether oxygens (including phenoxy) is 1. The molecule has 9 nitrogen and oxygen atoms in total. The van der Waals surface area contributed by atoms with Crippen molar-refractivity contribution >= 4 is 17.7 Å². The van der Waals surface area contributed by atoms with E-state index < -0.39 is 23.6 Å². The molecule has 0 spiro atoms. The number of aliphatic hydroxyl groups is 1. The van der Waals surface area contributed by atoms with Crippen LogP contribution in [-0.4, -0.2) is 66.3 Å². The van der Waals surface area contributed by atoms with Crippen LogP contribution in [0.1, 0.15) is 58.1 Å². The number of amides is 3. The van der Waals surface area contributed by atoms with E-state index in [0.29, 0.717) is 13.1 Å². The van der Waals surface area contributed by atoms with E-state index in [1.54, 1.807) is 0 Å². The lowest BCUT2D eigenvalue weighted by Gasteiger charge is -2.33. The largest absolute Gasteiger partial charge is 0.489 e. The van der Waals surface area contributed by atoms with Gasteiger partial charge in [0.1, 0.15) is 17.9 Å². The van der Waals surface area contributed by atoms with Crippen molar-refractivity contribution in [3.8, 4) is 5.75 Å². The van der Waals surface area contributed by atoms with E-state index >= 15 is 0 Å². The lowest BCUT2D eigenvalue weighted by molar-refractivity contribution is -0.137. The van der Waals surface area contributed by atoms with Crippen LogP contribution in [0, 0.1) is 5.92 Å². The lowest BCUT2D eigenvalue weighted by Crippen LogP contribution is -2.62. The number of carbonyl (C=O) groups is 3. The smallest absolute Gasteiger partial charge is 0.245 e. The van der Waals surface area contributed by atoms with Crippen molar-refractivity contribution < 1.29 is 24.2 Å². The number of rotatable bonds is 3. The second-order valence-corrected chi connectivity index (χ2v) is 10.2. The summed E-state index contributed by atoms with van der Waals surface area (Å²) in [5.41, 5.74) is 0.771. The number of nitrogens with one attached hydrogen (secondary N) is 4. The van der Waals surface area contributed by atoms with Crippen LogP contribution in [0.25, 0.3) is 0 Å². The van der Waals surface area contributed by atoms with Gasteiger partial charge in [-0.25, -0.2) is 0 Å². The van der Waals surface area contributed by atoms with Crippen LogP contribution in [0.3, 0.4) is 0 Å². The van der Waals surface area contributed by atoms with Gasteiger partial charge in [-0.15, -0.1) is 0 Å². The Morgan fingerprint density at radius 3 is 2.51 bits per heavy atom. The molecule has 194 valence electrons. The van der Waals surface area contributed by atoms with Crippen molar-refractivity contribution in [1.82, 2.24) is 21.3 Å². The summed E-state index contributed by atoms with van der Waals surface area (Å²) < 4.78 is 6.38. The predicted octanol–water partition coefficient (Wildman–Crippen LogP) is 0.819. The second kappa shape index (κ2) is 11.9. The highest BCUT2D eigenvalue weighted by atomic mass is 16.5. The first-order valence-electron chi connectivity index (χ1n) is 12.7. The normalized spacial score (nSPS) is 25.7. The molecule has 2 unspecified atom stereocenters. The number of hydrogen-bond donors (Lipinski definition) is 5. The summed E-state index contributed by atoms with van der Waals surface area (Å²) in [5.74, 6) is -0.405. The fourth-order valence-corrected chi connectivity index (χ4v) is 4.55. The summed E-state index contributed by atoms with van der Waals surface area (Å²) in [5, 5.41) is 22.0. The van der Waals surface area contributed by atoms with Crippen LogP contribution >= 0.6 is 0 Å². The highest BCUT2D eigenvalue weighted by molar-refractivity contribution is 5.92. The number of aryl methyl sites for hydroxylation is 2. The monoisotopic (exact) mass is 488 g/mol. The zero-order chi connectivity index (χ0) is 25.6. The van der Waals surface area contributed by atoms with E-state index in [0.717, 1.165) is 43.4 Å². The third-order valence-corrected chi connectivity index (χ3v) is 6.88. The standard InChI is InChI=1S/C26H40N4O5/c1-5-16(2)21-24(32)30-23(26(3,4)34)25(33)29-15-20(31)27-13-7-10-17-8-6-9-18-11-12-19(14-28-21)35-22(17)18/h6,8-9,16,19,21,23,28,34H,5,7,10-15H2,1-4H3,(H,27,31)(H,29,33)(H,30,32)/t16?,19?,21-,23+/m0/s1. The highest BCUT2D eigenvalue weighted by Gasteiger charge is 2.37. The van der Waals surface area contributed by atoms with E-state index in [-0.39, 0.29) is 30.4 Å². The zero-order valence-corrected chi connectivity index (χ0v) is 21.3. The molecule has 2 aliphatic rings. The van der Waals surface area contributed by atoms with Gasteiger partial charge in [0.05, 0.1) is 18.2 Å². The molecule has 1 aromatic rings. The van der Waals surface area contributed by atoms with Gasteiger partial charge in [-0.3, -0.25) is 14.4 Å². The first kappa shape index (κ1) is 26.9. The van der Waals surface area contributed by atoms with Crippen LogP contribution < -0.4 is 26.0 Å². The summed E-state index contributed by atoms with van der Waals surface area (Å²) >= 11 is 0. The minimum atomic E-state index is -1.52. The number of para-hydroxylation sites is 1. The highest BCUT2D eigenvalue weighted by Crippen LogP contribution is 2.32. The van der Waals surface area contributed by atoms with Gasteiger partial charge in [-0.1, -0.05) is 38.5 Å². The van der Waals surface area contributed by atoms with Gasteiger partial charge in [0.2, 0.25) is 17.7 Å². The molecule has 0 saturated heterocycles. The molecule has 0 aromatic heterocycles. The Morgan fingerprint density at radius 1 is 1.11 bits per heavy atom. The third kappa shape index (κ3) is 7.18. The molecule has 0 radical (unpaired) electrons. The van der Waals surface area contributed by atoms with Crippen molar-refractivity contribution in [2.45, 2.75) is 83.6 Å². The molecule has 3 rings (SSSR count). The lowest BCUT2D eigenvalue weighted by atomic mass is 9.94. The van der Waals surface area contributed by atoms with Crippen molar-refractivity contribution in [2.24, 2.45) is 5.92 Å². The summed E-state index contributed by atoms with van der Waals surface area (Å²) in [7, 11) is 0. The summed E-state index contributed by atoms with van der Waals surface area (Å²) in [6, 6.07) is 4.40. The van der Waals surface area contributed by atoms with E-state index in [1.807, 2.05) is 19.9 Å². The zero-order valence-electron chi connectivity index (χ0n) is 21.3. The van der Waals surface area contributed by atoms with Gasteiger partial charge in [-0.2, -0.15) is 0 Å². The van der Waals surface area contributed by atoms with Crippen molar-refractivity contribution in [3.05, 3.63) is 29.3 Å². The molecule has 0 saturated carbocycles. The Hall–Kier alpha value is -2.65. The first-order valence-corrected chi connectivity index (χ1v) is 12.7. The maximum Gasteiger partial charge on any atom is 0.245 e. The third-order valence-electron chi connectivity index (χ3n) is 6.88. The molecule has 0 aliphatic carbocycles. The van der Waals surface area contributed by atoms with Crippen LogP contribution in [0.2, 0.25) is 0 Å². The van der Waals surface area contributed by atoms with Crippen molar-refractivity contribution in [2.75, 3.05) is 19.6 Å². The number of carbonyl (C=O) groups excluding carboxylic acids is 3. The van der Waals surface area contributed by atoms with Crippen LogP contribution in [-0.2, 0) is 27.2 Å². The average Bonchev–Trinajstić information content (AvgIpc) is 2.82. The molecule has 1 aromatic carbocycles. The number of fused-ring (bicyclic) bond motifs is 1. The molecule has 2 heterocycles. The molecule has 2 bridgehead atoms. The molecule has 9 heteroatoms.